The monoisotopic (exact) mass is 405 g/mol. The third-order valence-corrected chi connectivity index (χ3v) is 5.26. The number of thioether (sulfide) groups is 1. The number of ketones is 1. The maximum Gasteiger partial charge on any atom is 0.333 e. The van der Waals surface area contributed by atoms with Gasteiger partial charge in [0.2, 0.25) is 5.71 Å². The molecular weight excluding hydrogens is 394 g/mol. The van der Waals surface area contributed by atoms with Gasteiger partial charge in [-0.2, -0.15) is 0 Å². The van der Waals surface area contributed by atoms with Crippen molar-refractivity contribution in [2.24, 2.45) is 5.16 Å². The molecule has 11 heteroatoms. The number of nitrogens with zero attached hydrogens (tertiary/aromatic N) is 3. The summed E-state index contributed by atoms with van der Waals surface area (Å²) < 4.78 is 0.947. The highest BCUT2D eigenvalue weighted by Gasteiger charge is 2.53. The molecule has 2 heterocycles. The average Bonchev–Trinajstić information content (AvgIpc) is 2.50. The molecule has 0 bridgehead atoms. The van der Waals surface area contributed by atoms with Crippen molar-refractivity contribution in [3.63, 3.8) is 0 Å². The lowest BCUT2D eigenvalue weighted by molar-refractivity contribution is -0.148. The van der Waals surface area contributed by atoms with E-state index in [0.717, 1.165) is 10.8 Å². The topological polar surface area (TPSA) is 117 Å². The molecule has 0 aromatic heterocycles. The number of halogens is 1. The molecule has 9 nitrogen and oxygen atoms in total. The highest BCUT2D eigenvalue weighted by Crippen LogP contribution is 2.39. The summed E-state index contributed by atoms with van der Waals surface area (Å²) in [6, 6.07) is -0.861. The number of aliphatic carboxylic acids is 1. The van der Waals surface area contributed by atoms with Crippen LogP contribution in [0.1, 0.15) is 6.92 Å². The fraction of sp³-hybridized carbons (Fsp3) is 0.417. The molecule has 0 aromatic carbocycles. The number of carboxylic acids is 1. The number of fused-ring (bicyclic) bond motifs is 1. The van der Waals surface area contributed by atoms with Crippen LogP contribution in [0.15, 0.2) is 16.9 Å². The lowest BCUT2D eigenvalue weighted by Crippen LogP contribution is -2.68. The molecule has 0 aliphatic carbocycles. The van der Waals surface area contributed by atoms with Crippen LogP contribution in [0, 0.1) is 0 Å². The second-order valence-corrected chi connectivity index (χ2v) is 6.52. The summed E-state index contributed by atoms with van der Waals surface area (Å²) in [5, 5.41) is 11.9. The molecular formula is C12H12BrN3O6S. The van der Waals surface area contributed by atoms with Crippen molar-refractivity contribution in [1.29, 1.82) is 0 Å². The first-order chi connectivity index (χ1) is 10.8. The third-order valence-electron chi connectivity index (χ3n) is 3.19. The normalized spacial score (nSPS) is 23.4. The van der Waals surface area contributed by atoms with Crippen molar-refractivity contribution < 1.29 is 29.1 Å². The van der Waals surface area contributed by atoms with Gasteiger partial charge in [-0.3, -0.25) is 18.3 Å². The fourth-order valence-electron chi connectivity index (χ4n) is 2.06. The van der Waals surface area contributed by atoms with Gasteiger partial charge in [0.1, 0.15) is 12.5 Å². The predicted octanol–water partition coefficient (Wildman–Crippen LogP) is -0.0315. The summed E-state index contributed by atoms with van der Waals surface area (Å²) in [5.41, 5.74) is -0.339. The summed E-state index contributed by atoms with van der Waals surface area (Å²) >= 11 is 4.22. The molecule has 0 saturated carbocycles. The molecule has 23 heavy (non-hydrogen) atoms. The second kappa shape index (κ2) is 6.71. The Morgan fingerprint density at radius 1 is 1.52 bits per heavy atom. The molecule has 1 fully saturated rings. The van der Waals surface area contributed by atoms with Crippen molar-refractivity contribution in [2.45, 2.75) is 18.3 Å². The van der Waals surface area contributed by atoms with Crippen LogP contribution in [0.3, 0.4) is 0 Å². The van der Waals surface area contributed by atoms with Crippen LogP contribution in [0.5, 0.6) is 0 Å². The van der Waals surface area contributed by atoms with Crippen LogP contribution in [-0.2, 0) is 24.0 Å². The van der Waals surface area contributed by atoms with Gasteiger partial charge in [-0.15, -0.1) is 11.8 Å². The van der Waals surface area contributed by atoms with E-state index in [4.69, 9.17) is 5.11 Å². The van der Waals surface area contributed by atoms with E-state index in [9.17, 15) is 19.2 Å². The highest BCUT2D eigenvalue weighted by atomic mass is 79.9. The SMILES string of the molecule is CON=C(C(C)=O)C(=O)N(Br)C1C(=O)N2C=C(C(=O)O)CS[C@H]12. The smallest absolute Gasteiger partial charge is 0.333 e. The van der Waals surface area contributed by atoms with Gasteiger partial charge in [-0.25, -0.2) is 4.79 Å². The first-order valence-electron chi connectivity index (χ1n) is 6.28. The summed E-state index contributed by atoms with van der Waals surface area (Å²) in [5.74, 6) is -2.74. The number of Topliss-reactive ketones (excluding diaryl/α,β-unsaturated/α-hetero) is 1. The molecule has 1 unspecified atom stereocenters. The maximum absolute atomic E-state index is 12.3. The zero-order valence-electron chi connectivity index (χ0n) is 12.1. The van der Waals surface area contributed by atoms with Gasteiger partial charge < -0.3 is 14.8 Å². The van der Waals surface area contributed by atoms with E-state index in [1.54, 1.807) is 0 Å². The molecule has 0 spiro atoms. The quantitative estimate of drug-likeness (QED) is 0.224. The van der Waals surface area contributed by atoms with Crippen molar-refractivity contribution in [3.05, 3.63) is 11.8 Å². The van der Waals surface area contributed by atoms with Gasteiger partial charge in [-0.05, 0) is 0 Å². The molecule has 2 aliphatic heterocycles. The van der Waals surface area contributed by atoms with E-state index in [0.29, 0.717) is 0 Å². The highest BCUT2D eigenvalue weighted by molar-refractivity contribution is 9.07. The Hall–Kier alpha value is -1.88. The van der Waals surface area contributed by atoms with E-state index in [-0.39, 0.29) is 11.3 Å². The number of β-lactam (4-membered cyclic amide) rings is 1. The van der Waals surface area contributed by atoms with Crippen LogP contribution < -0.4 is 0 Å². The molecule has 0 radical (unpaired) electrons. The standard InChI is InChI=1S/C12H12BrN3O6S/c1-5(17)7(14-22-2)9(18)16(13)8-10(19)15-3-6(12(20)21)4-23-11(8)15/h3,8,11H,4H2,1-2H3,(H,20,21)/t8?,11-/m1/s1. The molecule has 1 N–H and O–H groups in total. The number of oxime groups is 1. The second-order valence-electron chi connectivity index (χ2n) is 4.65. The first-order valence-corrected chi connectivity index (χ1v) is 8.04. The van der Waals surface area contributed by atoms with Crippen LogP contribution >= 0.6 is 27.9 Å². The Labute approximate surface area is 143 Å². The first kappa shape index (κ1) is 17.5. The van der Waals surface area contributed by atoms with Gasteiger partial charge in [-0.1, -0.05) is 5.16 Å². The van der Waals surface area contributed by atoms with E-state index < -0.39 is 40.7 Å². The van der Waals surface area contributed by atoms with Crippen LogP contribution in [0.2, 0.25) is 0 Å². The van der Waals surface area contributed by atoms with E-state index in [2.05, 4.69) is 26.1 Å². The fourth-order valence-corrected chi connectivity index (χ4v) is 4.08. The van der Waals surface area contributed by atoms with Gasteiger partial charge in [0, 0.05) is 18.9 Å². The number of rotatable bonds is 5. The van der Waals surface area contributed by atoms with Gasteiger partial charge in [0.15, 0.2) is 11.8 Å². The number of carboxylic acid groups (broad SMARTS) is 1. The van der Waals surface area contributed by atoms with E-state index in [1.165, 1.54) is 30.0 Å². The van der Waals surface area contributed by atoms with Crippen LogP contribution in [0.4, 0.5) is 0 Å². The van der Waals surface area contributed by atoms with Crippen molar-refractivity contribution in [3.8, 4) is 0 Å². The minimum absolute atomic E-state index is 0.107. The third kappa shape index (κ3) is 3.11. The molecule has 2 aliphatic rings. The predicted molar refractivity (Wildman–Crippen MR) is 83.5 cm³/mol. The lowest BCUT2D eigenvalue weighted by Gasteiger charge is -2.49. The molecule has 2 atom stereocenters. The Bertz CT molecular complexity index is 649. The zero-order valence-corrected chi connectivity index (χ0v) is 14.5. The summed E-state index contributed by atoms with van der Waals surface area (Å²) in [6.45, 7) is 1.16. The van der Waals surface area contributed by atoms with Crippen LogP contribution in [0.25, 0.3) is 0 Å². The molecule has 2 amide bonds. The largest absolute Gasteiger partial charge is 0.478 e. The van der Waals surface area contributed by atoms with Crippen molar-refractivity contribution in [2.75, 3.05) is 12.9 Å². The minimum Gasteiger partial charge on any atom is -0.478 e. The number of carbonyl (C=O) groups is 4. The van der Waals surface area contributed by atoms with Crippen molar-refractivity contribution in [1.82, 2.24) is 8.83 Å². The Balaban J connectivity index is 2.17. The van der Waals surface area contributed by atoms with Crippen molar-refractivity contribution >= 4 is 57.2 Å². The Kier molecular flexibility index (Phi) is 5.09. The maximum atomic E-state index is 12.3. The van der Waals surface area contributed by atoms with Crippen LogP contribution in [-0.4, -0.2) is 67.5 Å². The number of hydrogen-bond donors (Lipinski definition) is 1. The van der Waals surface area contributed by atoms with Gasteiger partial charge in [0.25, 0.3) is 11.8 Å². The molecule has 1 saturated heterocycles. The number of carbonyl (C=O) groups excluding carboxylic acids is 3. The number of amides is 2. The van der Waals surface area contributed by atoms with Gasteiger partial charge in [0.05, 0.1) is 21.7 Å². The zero-order chi connectivity index (χ0) is 17.3. The molecule has 124 valence electrons. The average molecular weight is 406 g/mol. The van der Waals surface area contributed by atoms with E-state index in [1.807, 2.05) is 0 Å². The van der Waals surface area contributed by atoms with E-state index >= 15 is 0 Å². The van der Waals surface area contributed by atoms with Gasteiger partial charge >= 0.3 is 5.97 Å². The summed E-state index contributed by atoms with van der Waals surface area (Å²) in [6.07, 6.45) is 1.27. The minimum atomic E-state index is -1.09. The molecule has 2 rings (SSSR count). The summed E-state index contributed by atoms with van der Waals surface area (Å²) in [4.78, 5) is 52.5. The lowest BCUT2D eigenvalue weighted by atomic mass is 10.1. The Morgan fingerprint density at radius 3 is 2.70 bits per heavy atom. The number of hydrogen-bond acceptors (Lipinski definition) is 7. The summed E-state index contributed by atoms with van der Waals surface area (Å²) in [7, 11) is 1.19. The molecule has 0 aromatic rings. The Morgan fingerprint density at radius 2 is 2.17 bits per heavy atom.